The molecule has 0 aromatic carbocycles. The van der Waals surface area contributed by atoms with Crippen LogP contribution in [0.5, 0.6) is 0 Å². The SMILES string of the molecule is CC(C)(C)OC(=O)NCCNCCCCO. The summed E-state index contributed by atoms with van der Waals surface area (Å²) in [5.74, 6) is 0. The van der Waals surface area contributed by atoms with Crippen LogP contribution in [0.25, 0.3) is 0 Å². The van der Waals surface area contributed by atoms with Gasteiger partial charge in [0.1, 0.15) is 5.60 Å². The fraction of sp³-hybridized carbons (Fsp3) is 0.909. The van der Waals surface area contributed by atoms with Gasteiger partial charge in [-0.2, -0.15) is 0 Å². The molecule has 5 heteroatoms. The number of aliphatic hydroxyl groups excluding tert-OH is 1. The van der Waals surface area contributed by atoms with Crippen molar-refractivity contribution in [3.05, 3.63) is 0 Å². The Morgan fingerprint density at radius 2 is 1.88 bits per heavy atom. The second kappa shape index (κ2) is 8.35. The summed E-state index contributed by atoms with van der Waals surface area (Å²) >= 11 is 0. The smallest absolute Gasteiger partial charge is 0.407 e. The predicted molar refractivity (Wildman–Crippen MR) is 63.4 cm³/mol. The van der Waals surface area contributed by atoms with Gasteiger partial charge in [-0.3, -0.25) is 0 Å². The molecule has 0 radical (unpaired) electrons. The van der Waals surface area contributed by atoms with Crippen LogP contribution >= 0.6 is 0 Å². The standard InChI is InChI=1S/C11H24N2O3/c1-11(2,3)16-10(15)13-8-7-12-6-4-5-9-14/h12,14H,4-9H2,1-3H3,(H,13,15). The number of rotatable bonds is 7. The summed E-state index contributed by atoms with van der Waals surface area (Å²) in [5, 5.41) is 14.4. The zero-order valence-electron chi connectivity index (χ0n) is 10.5. The third-order valence-corrected chi connectivity index (χ3v) is 1.73. The van der Waals surface area contributed by atoms with Gasteiger partial charge in [0.25, 0.3) is 0 Å². The van der Waals surface area contributed by atoms with Crippen molar-refractivity contribution in [1.82, 2.24) is 10.6 Å². The topological polar surface area (TPSA) is 70.6 Å². The highest BCUT2D eigenvalue weighted by molar-refractivity contribution is 5.67. The first-order valence-electron chi connectivity index (χ1n) is 5.74. The molecule has 0 rings (SSSR count). The molecule has 96 valence electrons. The minimum Gasteiger partial charge on any atom is -0.444 e. The van der Waals surface area contributed by atoms with Gasteiger partial charge in [-0.1, -0.05) is 0 Å². The zero-order chi connectivity index (χ0) is 12.4. The van der Waals surface area contributed by atoms with Crippen molar-refractivity contribution in [3.8, 4) is 0 Å². The summed E-state index contributed by atoms with van der Waals surface area (Å²) in [6.07, 6.45) is 1.37. The van der Waals surface area contributed by atoms with Crippen molar-refractivity contribution in [2.24, 2.45) is 0 Å². The third kappa shape index (κ3) is 11.3. The van der Waals surface area contributed by atoms with E-state index in [-0.39, 0.29) is 12.7 Å². The van der Waals surface area contributed by atoms with Crippen molar-refractivity contribution in [2.75, 3.05) is 26.2 Å². The lowest BCUT2D eigenvalue weighted by atomic mass is 10.2. The lowest BCUT2D eigenvalue weighted by Crippen LogP contribution is -2.36. The van der Waals surface area contributed by atoms with Gasteiger partial charge in [0.2, 0.25) is 0 Å². The highest BCUT2D eigenvalue weighted by Crippen LogP contribution is 2.05. The van der Waals surface area contributed by atoms with Crippen LogP contribution in [0.2, 0.25) is 0 Å². The van der Waals surface area contributed by atoms with Crippen molar-refractivity contribution >= 4 is 6.09 Å². The molecule has 1 amide bonds. The molecule has 0 aromatic heterocycles. The molecule has 0 saturated carbocycles. The molecule has 5 nitrogen and oxygen atoms in total. The normalized spacial score (nSPS) is 11.2. The van der Waals surface area contributed by atoms with Crippen LogP contribution in [0.3, 0.4) is 0 Å². The van der Waals surface area contributed by atoms with Crippen molar-refractivity contribution in [2.45, 2.75) is 39.2 Å². The number of amides is 1. The second-order valence-corrected chi connectivity index (χ2v) is 4.61. The molecule has 0 aliphatic heterocycles. The Balaban J connectivity index is 3.28. The van der Waals surface area contributed by atoms with Crippen molar-refractivity contribution in [3.63, 3.8) is 0 Å². The number of ether oxygens (including phenoxy) is 1. The van der Waals surface area contributed by atoms with E-state index in [9.17, 15) is 4.79 Å². The fourth-order valence-corrected chi connectivity index (χ4v) is 1.05. The summed E-state index contributed by atoms with van der Waals surface area (Å²) in [5.41, 5.74) is -0.446. The van der Waals surface area contributed by atoms with E-state index in [0.29, 0.717) is 13.1 Å². The Kier molecular flexibility index (Phi) is 7.93. The number of alkyl carbamates (subject to hydrolysis) is 1. The lowest BCUT2D eigenvalue weighted by molar-refractivity contribution is 0.0528. The summed E-state index contributed by atoms with van der Waals surface area (Å²) < 4.78 is 5.07. The van der Waals surface area contributed by atoms with E-state index in [4.69, 9.17) is 9.84 Å². The molecule has 3 N–H and O–H groups in total. The maximum Gasteiger partial charge on any atom is 0.407 e. The van der Waals surface area contributed by atoms with E-state index in [2.05, 4.69) is 10.6 Å². The van der Waals surface area contributed by atoms with E-state index in [1.54, 1.807) is 0 Å². The van der Waals surface area contributed by atoms with Crippen LogP contribution in [0.15, 0.2) is 0 Å². The molecule has 0 bridgehead atoms. The Labute approximate surface area is 97.6 Å². The molecule has 0 heterocycles. The van der Waals surface area contributed by atoms with Gasteiger partial charge in [0.05, 0.1) is 0 Å². The summed E-state index contributed by atoms with van der Waals surface area (Å²) in [4.78, 5) is 11.2. The average molecular weight is 232 g/mol. The van der Waals surface area contributed by atoms with Crippen molar-refractivity contribution < 1.29 is 14.6 Å². The van der Waals surface area contributed by atoms with Crippen LogP contribution < -0.4 is 10.6 Å². The number of carbonyl (C=O) groups is 1. The Hall–Kier alpha value is -0.810. The molecular formula is C11H24N2O3. The first-order chi connectivity index (χ1) is 7.45. The number of unbranched alkanes of at least 4 members (excludes halogenated alkanes) is 1. The first-order valence-corrected chi connectivity index (χ1v) is 5.74. The molecule has 0 fully saturated rings. The van der Waals surface area contributed by atoms with Crippen LogP contribution in [0, 0.1) is 0 Å². The van der Waals surface area contributed by atoms with Crippen LogP contribution in [0.4, 0.5) is 4.79 Å². The predicted octanol–water partition coefficient (Wildman–Crippen LogP) is 0.873. The Morgan fingerprint density at radius 3 is 2.44 bits per heavy atom. The van der Waals surface area contributed by atoms with E-state index in [1.807, 2.05) is 20.8 Å². The quantitative estimate of drug-likeness (QED) is 0.570. The molecule has 0 atom stereocenters. The highest BCUT2D eigenvalue weighted by atomic mass is 16.6. The maximum absolute atomic E-state index is 11.2. The molecule has 0 aromatic rings. The van der Waals surface area contributed by atoms with E-state index >= 15 is 0 Å². The Bertz CT molecular complexity index is 190. The average Bonchev–Trinajstić information content (AvgIpc) is 2.13. The van der Waals surface area contributed by atoms with Gasteiger partial charge in [0, 0.05) is 19.7 Å². The lowest BCUT2D eigenvalue weighted by Gasteiger charge is -2.19. The van der Waals surface area contributed by atoms with E-state index in [1.165, 1.54) is 0 Å². The zero-order valence-corrected chi connectivity index (χ0v) is 10.5. The summed E-state index contributed by atoms with van der Waals surface area (Å²) in [7, 11) is 0. The minimum atomic E-state index is -0.446. The molecule has 0 aliphatic rings. The van der Waals surface area contributed by atoms with Crippen LogP contribution in [-0.4, -0.2) is 43.0 Å². The van der Waals surface area contributed by atoms with Crippen LogP contribution in [0.1, 0.15) is 33.6 Å². The largest absolute Gasteiger partial charge is 0.444 e. The van der Waals surface area contributed by atoms with Gasteiger partial charge in [-0.15, -0.1) is 0 Å². The minimum absolute atomic E-state index is 0.234. The molecular weight excluding hydrogens is 208 g/mol. The van der Waals surface area contributed by atoms with Gasteiger partial charge < -0.3 is 20.5 Å². The van der Waals surface area contributed by atoms with Gasteiger partial charge >= 0.3 is 6.09 Å². The fourth-order valence-electron chi connectivity index (χ4n) is 1.05. The van der Waals surface area contributed by atoms with E-state index in [0.717, 1.165) is 19.4 Å². The molecule has 16 heavy (non-hydrogen) atoms. The first kappa shape index (κ1) is 15.2. The highest BCUT2D eigenvalue weighted by Gasteiger charge is 2.15. The molecule has 0 aliphatic carbocycles. The van der Waals surface area contributed by atoms with Crippen molar-refractivity contribution in [1.29, 1.82) is 0 Å². The van der Waals surface area contributed by atoms with Crippen LogP contribution in [-0.2, 0) is 4.74 Å². The monoisotopic (exact) mass is 232 g/mol. The van der Waals surface area contributed by atoms with Gasteiger partial charge in [-0.25, -0.2) is 4.79 Å². The van der Waals surface area contributed by atoms with Gasteiger partial charge in [-0.05, 0) is 40.2 Å². The third-order valence-electron chi connectivity index (χ3n) is 1.73. The number of carbonyl (C=O) groups excluding carboxylic acids is 1. The second-order valence-electron chi connectivity index (χ2n) is 4.61. The summed E-state index contributed by atoms with van der Waals surface area (Å²) in [6.45, 7) is 7.85. The number of hydrogen-bond donors (Lipinski definition) is 3. The van der Waals surface area contributed by atoms with Gasteiger partial charge in [0.15, 0.2) is 0 Å². The maximum atomic E-state index is 11.2. The molecule has 0 unspecified atom stereocenters. The van der Waals surface area contributed by atoms with E-state index < -0.39 is 5.60 Å². The Morgan fingerprint density at radius 1 is 1.19 bits per heavy atom. The molecule has 0 spiro atoms. The molecule has 0 saturated heterocycles. The number of nitrogens with one attached hydrogen (secondary N) is 2. The number of hydrogen-bond acceptors (Lipinski definition) is 4. The number of aliphatic hydroxyl groups is 1. The summed E-state index contributed by atoms with van der Waals surface area (Å²) in [6, 6.07) is 0.